The highest BCUT2D eigenvalue weighted by atomic mass is 35.5. The number of aromatic nitrogens is 2. The SMILES string of the molecule is Cc1ccc2c(c1)sc1ccc3cc4c5cc(-c6ccccc6)cc6c7ccc(C)cc7n(c4cc3c12)c65.Cc1ccc2c(c1)sc1ccc3ccc(-n4c5cc(C)ccc5c5cc(-c6ccccc6)cc(Cl)c54)cc3c12.[2H]CC(C)=O. The van der Waals surface area contributed by atoms with Gasteiger partial charge in [0.15, 0.2) is 0 Å². The molecule has 0 aliphatic rings. The van der Waals surface area contributed by atoms with Crippen molar-refractivity contribution in [3.05, 3.63) is 240 Å². The Morgan fingerprint density at radius 3 is 1.46 bits per heavy atom. The maximum Gasteiger partial charge on any atom is 0.126 e. The van der Waals surface area contributed by atoms with E-state index in [2.05, 4.69) is 243 Å². The van der Waals surface area contributed by atoms with Crippen LogP contribution >= 0.6 is 34.3 Å². The van der Waals surface area contributed by atoms with Gasteiger partial charge in [0.2, 0.25) is 0 Å². The summed E-state index contributed by atoms with van der Waals surface area (Å²) in [5, 5.41) is 19.0. The number of nitrogens with zero attached hydrogens (tertiary/aromatic N) is 2. The maximum absolute atomic E-state index is 9.62. The molecule has 0 N–H and O–H groups in total. The van der Waals surface area contributed by atoms with Crippen LogP contribution in [-0.2, 0) is 4.79 Å². The van der Waals surface area contributed by atoms with Crippen molar-refractivity contribution >= 4 is 162 Å². The molecule has 0 fully saturated rings. The lowest BCUT2D eigenvalue weighted by atomic mass is 9.97. The van der Waals surface area contributed by atoms with E-state index in [-0.39, 0.29) is 12.7 Å². The molecule has 0 aliphatic heterocycles. The van der Waals surface area contributed by atoms with E-state index < -0.39 is 0 Å². The van der Waals surface area contributed by atoms with E-state index in [4.69, 9.17) is 13.0 Å². The standard InChI is InChI=1S/C36H24ClNS.C36H23NS.C3H6O/c1-21-8-13-27-30-18-25(23-6-4-3-5-7-23)19-31(37)36(30)38(32(27)16-21)26-12-10-24-11-15-33-35(29(24)20-26)28-14-9-22(2)17-34(28)39-33;1-20-8-11-25-29-17-24(22-6-4-3-5-7-22)18-30-28-16-23-10-13-33-35(26-12-9-21(2)15-34(26)38-33)27(23)19-32(28)37(36(29)30)31(25)14-20;1-3(2)4/h3-20H,1-2H3;3-19H,1-2H3;1-2H3/i;;1D. The second-order valence-corrected chi connectivity index (χ2v) is 24.6. The van der Waals surface area contributed by atoms with Gasteiger partial charge in [0.05, 0.1) is 32.6 Å². The molecule has 0 spiro atoms. The Morgan fingerprint density at radius 1 is 0.395 bits per heavy atom. The van der Waals surface area contributed by atoms with E-state index in [9.17, 15) is 4.79 Å². The fourth-order valence-corrected chi connectivity index (χ4v) is 15.5. The van der Waals surface area contributed by atoms with Gasteiger partial charge in [-0.1, -0.05) is 139 Å². The molecule has 0 radical (unpaired) electrons. The van der Waals surface area contributed by atoms with Crippen LogP contribution in [0.15, 0.2) is 212 Å². The quantitative estimate of drug-likeness (QED) is 0.173. The van der Waals surface area contributed by atoms with E-state index in [1.807, 2.05) is 28.7 Å². The van der Waals surface area contributed by atoms with Gasteiger partial charge in [-0.2, -0.15) is 0 Å². The molecule has 0 unspecified atom stereocenters. The topological polar surface area (TPSA) is 26.4 Å². The molecule has 17 rings (SSSR count). The highest BCUT2D eigenvalue weighted by Gasteiger charge is 2.22. The van der Waals surface area contributed by atoms with E-state index >= 15 is 0 Å². The summed E-state index contributed by atoms with van der Waals surface area (Å²) < 4.78 is 16.6. The molecule has 12 aromatic carbocycles. The molecule has 6 heteroatoms. The average Bonchev–Trinajstić information content (AvgIpc) is 2.32. The number of halogens is 1. The molecule has 388 valence electrons. The average molecular weight is 1100 g/mol. The first-order valence-electron chi connectivity index (χ1n) is 28.2. The first kappa shape index (κ1) is 48.1. The Kier molecular flexibility index (Phi) is 11.2. The minimum atomic E-state index is -0.0833. The lowest BCUT2D eigenvalue weighted by molar-refractivity contribution is -0.115. The smallest absolute Gasteiger partial charge is 0.126 e. The second kappa shape index (κ2) is 18.9. The van der Waals surface area contributed by atoms with E-state index in [1.165, 1.54) is 162 Å². The van der Waals surface area contributed by atoms with E-state index in [0.717, 1.165) is 21.8 Å². The van der Waals surface area contributed by atoms with Crippen molar-refractivity contribution < 1.29 is 6.17 Å². The number of hydrogen-bond acceptors (Lipinski definition) is 3. The third-order valence-corrected chi connectivity index (χ3v) is 18.8. The molecular weight excluding hydrogens is 1040 g/mol. The summed E-state index contributed by atoms with van der Waals surface area (Å²) in [6.45, 7) is 10.0. The molecule has 17 aromatic rings. The number of hydrogen-bond donors (Lipinski definition) is 0. The Balaban J connectivity index is 0.000000130. The first-order chi connectivity index (χ1) is 40.0. The van der Waals surface area contributed by atoms with Crippen LogP contribution in [0.1, 0.15) is 37.4 Å². The number of aryl methyl sites for hydroxylation is 4. The zero-order valence-electron chi connectivity index (χ0n) is 46.4. The highest BCUT2D eigenvalue weighted by Crippen LogP contribution is 2.47. The number of thiophene rings is 2. The molecule has 0 aliphatic carbocycles. The lowest BCUT2D eigenvalue weighted by Crippen LogP contribution is -1.95. The molecular formula is C75H53ClN2OS2. The summed E-state index contributed by atoms with van der Waals surface area (Å²) >= 11 is 10.9. The van der Waals surface area contributed by atoms with E-state index in [1.54, 1.807) is 0 Å². The Morgan fingerprint density at radius 2 is 0.864 bits per heavy atom. The van der Waals surface area contributed by atoms with Gasteiger partial charge in [0.1, 0.15) is 5.78 Å². The molecule has 5 aromatic heterocycles. The van der Waals surface area contributed by atoms with Crippen LogP contribution in [0.25, 0.3) is 150 Å². The van der Waals surface area contributed by atoms with Crippen LogP contribution < -0.4 is 0 Å². The summed E-state index contributed by atoms with van der Waals surface area (Å²) in [5.74, 6) is -0.0787. The van der Waals surface area contributed by atoms with Gasteiger partial charge in [-0.05, 0) is 193 Å². The summed E-state index contributed by atoms with van der Waals surface area (Å²) in [5.41, 5.74) is 17.2. The number of fused-ring (bicyclic) bond motifs is 19. The number of Topliss-reactive ketones (excluding diaryl/α,β-unsaturated/α-hetero) is 1. The molecule has 5 heterocycles. The number of benzene rings is 12. The largest absolute Gasteiger partial charge is 0.308 e. The zero-order valence-corrected chi connectivity index (χ0v) is 47.8. The predicted octanol–water partition coefficient (Wildman–Crippen LogP) is 22.5. The number of ketones is 1. The Bertz CT molecular complexity index is 5470. The van der Waals surface area contributed by atoms with Crippen molar-refractivity contribution in [2.45, 2.75) is 41.5 Å². The van der Waals surface area contributed by atoms with Crippen LogP contribution in [0.4, 0.5) is 0 Å². The minimum absolute atomic E-state index is 0.0787. The number of carbonyl (C=O) groups is 1. The van der Waals surface area contributed by atoms with Crippen LogP contribution in [0.2, 0.25) is 5.02 Å². The second-order valence-electron chi connectivity index (χ2n) is 22.0. The van der Waals surface area contributed by atoms with Gasteiger partial charge >= 0.3 is 0 Å². The molecule has 0 saturated heterocycles. The third-order valence-electron chi connectivity index (χ3n) is 16.3. The molecule has 0 atom stereocenters. The Labute approximate surface area is 482 Å². The zero-order chi connectivity index (χ0) is 55.7. The minimum Gasteiger partial charge on any atom is -0.308 e. The predicted molar refractivity (Wildman–Crippen MR) is 354 cm³/mol. The fourth-order valence-electron chi connectivity index (χ4n) is 12.8. The van der Waals surface area contributed by atoms with Crippen molar-refractivity contribution in [3.8, 4) is 27.9 Å². The molecule has 3 nitrogen and oxygen atoms in total. The van der Waals surface area contributed by atoms with Gasteiger partial charge in [-0.15, -0.1) is 22.7 Å². The molecule has 0 saturated carbocycles. The normalized spacial score (nSPS) is 12.1. The van der Waals surface area contributed by atoms with Crippen molar-refractivity contribution in [2.75, 3.05) is 0 Å². The van der Waals surface area contributed by atoms with Crippen LogP contribution in [0.5, 0.6) is 0 Å². The molecule has 0 bridgehead atoms. The maximum atomic E-state index is 9.62. The summed E-state index contributed by atoms with van der Waals surface area (Å²) in [7, 11) is 0. The lowest BCUT2D eigenvalue weighted by Gasteiger charge is -2.12. The van der Waals surface area contributed by atoms with Crippen molar-refractivity contribution in [3.63, 3.8) is 0 Å². The van der Waals surface area contributed by atoms with Crippen LogP contribution in [0, 0.1) is 27.7 Å². The highest BCUT2D eigenvalue weighted by molar-refractivity contribution is 7.26. The summed E-state index contributed by atoms with van der Waals surface area (Å²) in [6.07, 6.45) is 0. The number of rotatable bonds is 3. The molecule has 81 heavy (non-hydrogen) atoms. The van der Waals surface area contributed by atoms with Crippen molar-refractivity contribution in [1.29, 1.82) is 0 Å². The van der Waals surface area contributed by atoms with Gasteiger partial charge in [0.25, 0.3) is 0 Å². The first-order valence-corrected chi connectivity index (χ1v) is 29.5. The summed E-state index contributed by atoms with van der Waals surface area (Å²) in [4.78, 5) is 9.62. The Hall–Kier alpha value is -8.84. The van der Waals surface area contributed by atoms with Crippen molar-refractivity contribution in [1.82, 2.24) is 8.97 Å². The molecule has 0 amide bonds. The summed E-state index contributed by atoms with van der Waals surface area (Å²) in [6, 6.07) is 78.6. The van der Waals surface area contributed by atoms with Gasteiger partial charge < -0.3 is 13.8 Å². The van der Waals surface area contributed by atoms with Crippen LogP contribution in [-0.4, -0.2) is 14.8 Å². The van der Waals surface area contributed by atoms with E-state index in [0.29, 0.717) is 0 Å². The van der Waals surface area contributed by atoms with Crippen LogP contribution in [0.3, 0.4) is 0 Å². The van der Waals surface area contributed by atoms with Gasteiger partial charge in [-0.25, -0.2) is 0 Å². The fraction of sp³-hybridized carbons (Fsp3) is 0.0800. The van der Waals surface area contributed by atoms with Gasteiger partial charge in [0, 0.05) is 79.7 Å². The van der Waals surface area contributed by atoms with Crippen molar-refractivity contribution in [2.24, 2.45) is 0 Å². The third kappa shape index (κ3) is 8.01. The van der Waals surface area contributed by atoms with Gasteiger partial charge in [-0.3, -0.25) is 0 Å². The monoisotopic (exact) mass is 1100 g/mol. The number of carbonyl (C=O) groups excluding carboxylic acids is 1.